The number of alkyl halides is 3. The number of hydrogen-bond donors (Lipinski definition) is 2. The fraction of sp³-hybridized carbons (Fsp3) is 0.364. The van der Waals surface area contributed by atoms with Crippen molar-refractivity contribution in [2.75, 3.05) is 18.5 Å². The minimum absolute atomic E-state index is 0.202. The van der Waals surface area contributed by atoms with Crippen molar-refractivity contribution in [2.24, 2.45) is 0 Å². The molecule has 0 aliphatic carbocycles. The normalized spacial score (nSPS) is 11.6. The number of likely N-dealkylation sites (N-methyl/N-ethyl adjacent to an activating group) is 1. The van der Waals surface area contributed by atoms with Crippen molar-refractivity contribution in [3.63, 3.8) is 0 Å². The summed E-state index contributed by atoms with van der Waals surface area (Å²) in [6, 6.07) is 4.60. The van der Waals surface area contributed by atoms with Crippen LogP contribution in [0.5, 0.6) is 0 Å². The van der Waals surface area contributed by atoms with Gasteiger partial charge in [-0.05, 0) is 18.2 Å². The largest absolute Gasteiger partial charge is 0.480 e. The molecule has 0 unspecified atom stereocenters. The molecule has 1 aromatic rings. The van der Waals surface area contributed by atoms with Crippen molar-refractivity contribution < 1.29 is 23.1 Å². The number of hydrogen-bond acceptors (Lipinski definition) is 3. The van der Waals surface area contributed by atoms with E-state index in [-0.39, 0.29) is 12.2 Å². The SMILES string of the molecule is CCN(CC(=O)O)Nc1cccc(C(F)(F)F)c1. The second-order valence-corrected chi connectivity index (χ2v) is 3.60. The monoisotopic (exact) mass is 262 g/mol. The summed E-state index contributed by atoms with van der Waals surface area (Å²) in [5, 5.41) is 9.92. The lowest BCUT2D eigenvalue weighted by Crippen LogP contribution is -2.34. The minimum atomic E-state index is -4.42. The number of carboxylic acid groups (broad SMARTS) is 1. The zero-order valence-electron chi connectivity index (χ0n) is 9.66. The smallest absolute Gasteiger partial charge is 0.416 e. The molecule has 18 heavy (non-hydrogen) atoms. The third-order valence-electron chi connectivity index (χ3n) is 2.18. The van der Waals surface area contributed by atoms with E-state index in [0.29, 0.717) is 6.54 Å². The summed E-state index contributed by atoms with van der Waals surface area (Å²) in [7, 11) is 0. The molecule has 7 heteroatoms. The average molecular weight is 262 g/mol. The van der Waals surface area contributed by atoms with Crippen LogP contribution in [0, 0.1) is 0 Å². The standard InChI is InChI=1S/C11H13F3N2O2/c1-2-16(7-10(17)18)15-9-5-3-4-8(6-9)11(12,13)14/h3-6,15H,2,7H2,1H3,(H,17,18). The van der Waals surface area contributed by atoms with Crippen LogP contribution in [0.15, 0.2) is 24.3 Å². The molecule has 0 aromatic heterocycles. The third-order valence-corrected chi connectivity index (χ3v) is 2.18. The van der Waals surface area contributed by atoms with E-state index in [4.69, 9.17) is 5.11 Å². The van der Waals surface area contributed by atoms with Gasteiger partial charge < -0.3 is 10.5 Å². The van der Waals surface area contributed by atoms with Crippen molar-refractivity contribution >= 4 is 11.7 Å². The molecule has 0 atom stereocenters. The highest BCUT2D eigenvalue weighted by atomic mass is 19.4. The number of aliphatic carboxylic acids is 1. The number of nitrogens with one attached hydrogen (secondary N) is 1. The summed E-state index contributed by atoms with van der Waals surface area (Å²) in [4.78, 5) is 10.5. The summed E-state index contributed by atoms with van der Waals surface area (Å²) in [5.74, 6) is -1.06. The quantitative estimate of drug-likeness (QED) is 0.800. The molecular weight excluding hydrogens is 249 g/mol. The molecule has 1 aromatic carbocycles. The Balaban J connectivity index is 2.81. The van der Waals surface area contributed by atoms with Crippen molar-refractivity contribution in [3.8, 4) is 0 Å². The molecule has 0 saturated heterocycles. The number of hydrazine groups is 1. The minimum Gasteiger partial charge on any atom is -0.480 e. The van der Waals surface area contributed by atoms with E-state index in [2.05, 4.69) is 5.43 Å². The van der Waals surface area contributed by atoms with Gasteiger partial charge in [0, 0.05) is 12.2 Å². The van der Waals surface area contributed by atoms with Crippen LogP contribution in [-0.4, -0.2) is 29.2 Å². The van der Waals surface area contributed by atoms with E-state index in [9.17, 15) is 18.0 Å². The van der Waals surface area contributed by atoms with Gasteiger partial charge in [0.25, 0.3) is 0 Å². The number of rotatable bonds is 5. The molecule has 0 saturated carbocycles. The van der Waals surface area contributed by atoms with Crippen LogP contribution < -0.4 is 5.43 Å². The molecule has 1 rings (SSSR count). The van der Waals surface area contributed by atoms with Gasteiger partial charge in [-0.15, -0.1) is 0 Å². The lowest BCUT2D eigenvalue weighted by Gasteiger charge is -2.21. The van der Waals surface area contributed by atoms with Gasteiger partial charge in [-0.3, -0.25) is 4.79 Å². The van der Waals surface area contributed by atoms with Crippen LogP contribution in [0.25, 0.3) is 0 Å². The Kier molecular flexibility index (Phi) is 4.55. The zero-order chi connectivity index (χ0) is 13.8. The Morgan fingerprint density at radius 3 is 2.61 bits per heavy atom. The highest BCUT2D eigenvalue weighted by molar-refractivity contribution is 5.69. The first kappa shape index (κ1) is 14.3. The molecular formula is C11H13F3N2O2. The van der Waals surface area contributed by atoms with Crippen molar-refractivity contribution in [1.29, 1.82) is 0 Å². The molecule has 0 spiro atoms. The maximum absolute atomic E-state index is 12.5. The predicted octanol–water partition coefficient (Wildman–Crippen LogP) is 2.44. The van der Waals surface area contributed by atoms with E-state index in [1.165, 1.54) is 17.1 Å². The average Bonchev–Trinajstić information content (AvgIpc) is 2.26. The van der Waals surface area contributed by atoms with Crippen LogP contribution in [0.3, 0.4) is 0 Å². The predicted molar refractivity (Wildman–Crippen MR) is 59.9 cm³/mol. The Morgan fingerprint density at radius 2 is 2.11 bits per heavy atom. The van der Waals surface area contributed by atoms with Crippen LogP contribution in [0.4, 0.5) is 18.9 Å². The number of halogens is 3. The topological polar surface area (TPSA) is 52.6 Å². The van der Waals surface area contributed by atoms with Crippen LogP contribution in [0.2, 0.25) is 0 Å². The lowest BCUT2D eigenvalue weighted by atomic mass is 10.2. The van der Waals surface area contributed by atoms with Gasteiger partial charge in [0.05, 0.1) is 5.56 Å². The number of carboxylic acids is 1. The zero-order valence-corrected chi connectivity index (χ0v) is 9.66. The molecule has 0 radical (unpaired) electrons. The maximum atomic E-state index is 12.5. The molecule has 0 aliphatic heterocycles. The Labute approximate surface area is 102 Å². The summed E-state index contributed by atoms with van der Waals surface area (Å²) < 4.78 is 37.4. The van der Waals surface area contributed by atoms with Gasteiger partial charge in [-0.2, -0.15) is 13.2 Å². The first-order valence-corrected chi connectivity index (χ1v) is 5.23. The van der Waals surface area contributed by atoms with E-state index in [1.807, 2.05) is 0 Å². The van der Waals surface area contributed by atoms with Gasteiger partial charge in [-0.25, -0.2) is 5.01 Å². The van der Waals surface area contributed by atoms with Crippen molar-refractivity contribution in [2.45, 2.75) is 13.1 Å². The van der Waals surface area contributed by atoms with Crippen LogP contribution >= 0.6 is 0 Å². The molecule has 100 valence electrons. The summed E-state index contributed by atoms with van der Waals surface area (Å²) >= 11 is 0. The maximum Gasteiger partial charge on any atom is 0.416 e. The van der Waals surface area contributed by atoms with Crippen molar-refractivity contribution in [3.05, 3.63) is 29.8 Å². The second-order valence-electron chi connectivity index (χ2n) is 3.60. The lowest BCUT2D eigenvalue weighted by molar-refractivity contribution is -0.138. The van der Waals surface area contributed by atoms with Crippen LogP contribution in [0.1, 0.15) is 12.5 Å². The molecule has 2 N–H and O–H groups in total. The molecule has 0 aliphatic rings. The van der Waals surface area contributed by atoms with Gasteiger partial charge in [0.2, 0.25) is 0 Å². The van der Waals surface area contributed by atoms with Gasteiger partial charge in [0.1, 0.15) is 6.54 Å². The Morgan fingerprint density at radius 1 is 1.44 bits per heavy atom. The van der Waals surface area contributed by atoms with Gasteiger partial charge >= 0.3 is 12.1 Å². The fourth-order valence-corrected chi connectivity index (χ4v) is 1.34. The molecule has 0 amide bonds. The van der Waals surface area contributed by atoms with Crippen LogP contribution in [-0.2, 0) is 11.0 Å². The van der Waals surface area contributed by atoms with E-state index < -0.39 is 17.7 Å². The van der Waals surface area contributed by atoms with Gasteiger partial charge in [0.15, 0.2) is 0 Å². The molecule has 4 nitrogen and oxygen atoms in total. The first-order chi connectivity index (χ1) is 8.32. The second kappa shape index (κ2) is 5.72. The Bertz CT molecular complexity index is 421. The summed E-state index contributed by atoms with van der Waals surface area (Å²) in [6.07, 6.45) is -4.42. The molecule has 0 bridgehead atoms. The first-order valence-electron chi connectivity index (χ1n) is 5.23. The number of nitrogens with zero attached hydrogens (tertiary/aromatic N) is 1. The number of anilines is 1. The summed E-state index contributed by atoms with van der Waals surface area (Å²) in [5.41, 5.74) is 2.05. The summed E-state index contributed by atoms with van der Waals surface area (Å²) in [6.45, 7) is 1.75. The van der Waals surface area contributed by atoms with Gasteiger partial charge in [-0.1, -0.05) is 13.0 Å². The molecule has 0 fully saturated rings. The number of carbonyl (C=O) groups is 1. The fourth-order valence-electron chi connectivity index (χ4n) is 1.34. The Hall–Kier alpha value is -1.76. The van der Waals surface area contributed by atoms with Crippen molar-refractivity contribution in [1.82, 2.24) is 5.01 Å². The highest BCUT2D eigenvalue weighted by Gasteiger charge is 2.30. The van der Waals surface area contributed by atoms with E-state index in [0.717, 1.165) is 12.1 Å². The van der Waals surface area contributed by atoms with E-state index >= 15 is 0 Å². The van der Waals surface area contributed by atoms with E-state index in [1.54, 1.807) is 6.92 Å². The molecule has 0 heterocycles. The number of benzene rings is 1. The highest BCUT2D eigenvalue weighted by Crippen LogP contribution is 2.30. The third kappa shape index (κ3) is 4.25.